The lowest BCUT2D eigenvalue weighted by molar-refractivity contribution is 0.283. The van der Waals surface area contributed by atoms with Crippen LogP contribution in [-0.2, 0) is 22.9 Å². The molecule has 1 fully saturated rings. The van der Waals surface area contributed by atoms with E-state index in [0.29, 0.717) is 12.3 Å². The maximum atomic E-state index is 11.6. The topological polar surface area (TPSA) is 62.3 Å². The molecule has 1 aromatic rings. The normalized spacial score (nSPS) is 20.1. The SMILES string of the molecule is CNCc1cccc(CN2CCCS(=O)(=O)CC2)n1. The summed E-state index contributed by atoms with van der Waals surface area (Å²) in [5.41, 5.74) is 2.02. The van der Waals surface area contributed by atoms with E-state index in [2.05, 4.69) is 15.2 Å². The van der Waals surface area contributed by atoms with Crippen molar-refractivity contribution in [3.63, 3.8) is 0 Å². The van der Waals surface area contributed by atoms with Gasteiger partial charge in [0.1, 0.15) is 0 Å². The van der Waals surface area contributed by atoms with Crippen LogP contribution in [0, 0.1) is 0 Å². The second-order valence-corrected chi connectivity index (χ2v) is 7.24. The van der Waals surface area contributed by atoms with Gasteiger partial charge in [0.15, 0.2) is 9.84 Å². The molecule has 0 amide bonds. The van der Waals surface area contributed by atoms with Gasteiger partial charge in [-0.1, -0.05) is 6.07 Å². The van der Waals surface area contributed by atoms with Crippen molar-refractivity contribution < 1.29 is 8.42 Å². The second kappa shape index (κ2) is 6.45. The standard InChI is InChI=1S/C13H21N3O2S/c1-14-10-12-4-2-5-13(15-12)11-16-6-3-8-19(17,18)9-7-16/h2,4-5,14H,3,6-11H2,1H3. The van der Waals surface area contributed by atoms with Gasteiger partial charge in [-0.05, 0) is 32.1 Å². The summed E-state index contributed by atoms with van der Waals surface area (Å²) in [7, 11) is -0.936. The molecule has 0 bridgehead atoms. The average Bonchev–Trinajstić information content (AvgIpc) is 2.52. The molecule has 0 spiro atoms. The predicted molar refractivity (Wildman–Crippen MR) is 75.5 cm³/mol. The molecule has 2 heterocycles. The lowest BCUT2D eigenvalue weighted by atomic mass is 10.2. The zero-order valence-electron chi connectivity index (χ0n) is 11.3. The van der Waals surface area contributed by atoms with Crippen LogP contribution < -0.4 is 5.32 Å². The monoisotopic (exact) mass is 283 g/mol. The Morgan fingerprint density at radius 3 is 2.84 bits per heavy atom. The molecule has 0 aliphatic carbocycles. The Kier molecular flexibility index (Phi) is 4.90. The van der Waals surface area contributed by atoms with Crippen molar-refractivity contribution in [1.29, 1.82) is 0 Å². The third-order valence-electron chi connectivity index (χ3n) is 3.26. The first-order valence-corrected chi connectivity index (χ1v) is 8.43. The molecular weight excluding hydrogens is 262 g/mol. The number of hydrogen-bond donors (Lipinski definition) is 1. The highest BCUT2D eigenvalue weighted by Gasteiger charge is 2.19. The molecule has 0 unspecified atom stereocenters. The van der Waals surface area contributed by atoms with Crippen LogP contribution in [0.1, 0.15) is 17.8 Å². The van der Waals surface area contributed by atoms with E-state index >= 15 is 0 Å². The van der Waals surface area contributed by atoms with E-state index < -0.39 is 9.84 Å². The average molecular weight is 283 g/mol. The van der Waals surface area contributed by atoms with E-state index in [-0.39, 0.29) is 5.75 Å². The molecule has 19 heavy (non-hydrogen) atoms. The number of hydrogen-bond acceptors (Lipinski definition) is 5. The van der Waals surface area contributed by atoms with Crippen LogP contribution in [0.15, 0.2) is 18.2 Å². The fourth-order valence-corrected chi connectivity index (χ4v) is 3.58. The summed E-state index contributed by atoms with van der Waals surface area (Å²) in [6, 6.07) is 6.00. The summed E-state index contributed by atoms with van der Waals surface area (Å²) < 4.78 is 23.1. The van der Waals surface area contributed by atoms with Gasteiger partial charge in [0, 0.05) is 19.6 Å². The van der Waals surface area contributed by atoms with Crippen LogP contribution in [0.3, 0.4) is 0 Å². The summed E-state index contributed by atoms with van der Waals surface area (Å²) in [5.74, 6) is 0.583. The second-order valence-electron chi connectivity index (χ2n) is 4.93. The number of rotatable bonds is 4. The van der Waals surface area contributed by atoms with Gasteiger partial charge in [0.05, 0.1) is 22.9 Å². The smallest absolute Gasteiger partial charge is 0.151 e. The third kappa shape index (κ3) is 4.56. The van der Waals surface area contributed by atoms with Gasteiger partial charge in [-0.25, -0.2) is 8.42 Å². The fourth-order valence-electron chi connectivity index (χ4n) is 2.27. The van der Waals surface area contributed by atoms with Gasteiger partial charge in [0.25, 0.3) is 0 Å². The molecule has 0 atom stereocenters. The number of nitrogens with one attached hydrogen (secondary N) is 1. The highest BCUT2D eigenvalue weighted by molar-refractivity contribution is 7.91. The minimum absolute atomic E-state index is 0.267. The minimum Gasteiger partial charge on any atom is -0.314 e. The molecule has 0 radical (unpaired) electrons. The van der Waals surface area contributed by atoms with Crippen molar-refractivity contribution in [3.8, 4) is 0 Å². The first-order valence-electron chi connectivity index (χ1n) is 6.61. The van der Waals surface area contributed by atoms with Crippen molar-refractivity contribution in [2.45, 2.75) is 19.5 Å². The maximum absolute atomic E-state index is 11.6. The molecule has 0 aromatic carbocycles. The Morgan fingerprint density at radius 1 is 1.26 bits per heavy atom. The van der Waals surface area contributed by atoms with Gasteiger partial charge in [-0.2, -0.15) is 0 Å². The summed E-state index contributed by atoms with van der Waals surface area (Å²) in [4.78, 5) is 6.75. The quantitative estimate of drug-likeness (QED) is 0.868. The van der Waals surface area contributed by atoms with Crippen LogP contribution in [0.2, 0.25) is 0 Å². The van der Waals surface area contributed by atoms with Crippen LogP contribution >= 0.6 is 0 Å². The Morgan fingerprint density at radius 2 is 2.05 bits per heavy atom. The Hall–Kier alpha value is -0.980. The molecule has 2 rings (SSSR count). The van der Waals surface area contributed by atoms with Gasteiger partial charge < -0.3 is 5.32 Å². The largest absolute Gasteiger partial charge is 0.314 e. The van der Waals surface area contributed by atoms with Gasteiger partial charge in [-0.15, -0.1) is 0 Å². The molecule has 0 saturated carbocycles. The van der Waals surface area contributed by atoms with E-state index in [1.54, 1.807) is 0 Å². The molecule has 1 aliphatic rings. The highest BCUT2D eigenvalue weighted by Crippen LogP contribution is 2.09. The molecule has 1 N–H and O–H groups in total. The Bertz CT molecular complexity index is 516. The summed E-state index contributed by atoms with van der Waals surface area (Å²) in [6.07, 6.45) is 0.721. The van der Waals surface area contributed by atoms with Gasteiger partial charge in [-0.3, -0.25) is 9.88 Å². The van der Waals surface area contributed by atoms with E-state index in [0.717, 1.165) is 37.4 Å². The van der Waals surface area contributed by atoms with E-state index in [1.807, 2.05) is 25.2 Å². The van der Waals surface area contributed by atoms with Gasteiger partial charge in [0.2, 0.25) is 0 Å². The molecule has 1 aromatic heterocycles. The zero-order valence-corrected chi connectivity index (χ0v) is 12.1. The molecular formula is C13H21N3O2S. The number of sulfone groups is 1. The number of aromatic nitrogens is 1. The predicted octanol–water partition coefficient (Wildman–Crippen LogP) is 0.422. The van der Waals surface area contributed by atoms with Crippen LogP contribution in [0.5, 0.6) is 0 Å². The first-order chi connectivity index (χ1) is 9.09. The summed E-state index contributed by atoms with van der Waals surface area (Å²) in [6.45, 7) is 2.92. The third-order valence-corrected chi connectivity index (χ3v) is 4.97. The van der Waals surface area contributed by atoms with Crippen LogP contribution in [0.25, 0.3) is 0 Å². The molecule has 5 nitrogen and oxygen atoms in total. The lowest BCUT2D eigenvalue weighted by Gasteiger charge is -2.18. The van der Waals surface area contributed by atoms with Crippen molar-refractivity contribution in [3.05, 3.63) is 29.6 Å². The summed E-state index contributed by atoms with van der Waals surface area (Å²) in [5, 5.41) is 3.08. The first kappa shape index (κ1) is 14.4. The fraction of sp³-hybridized carbons (Fsp3) is 0.615. The minimum atomic E-state index is -2.83. The van der Waals surface area contributed by atoms with E-state index in [4.69, 9.17) is 0 Å². The van der Waals surface area contributed by atoms with Crippen molar-refractivity contribution >= 4 is 9.84 Å². The maximum Gasteiger partial charge on any atom is 0.151 e. The van der Waals surface area contributed by atoms with Crippen molar-refractivity contribution in [2.75, 3.05) is 31.6 Å². The van der Waals surface area contributed by atoms with Crippen LogP contribution in [-0.4, -0.2) is 49.9 Å². The van der Waals surface area contributed by atoms with Crippen LogP contribution in [0.4, 0.5) is 0 Å². The Labute approximate surface area is 114 Å². The van der Waals surface area contributed by atoms with E-state index in [9.17, 15) is 8.42 Å². The highest BCUT2D eigenvalue weighted by atomic mass is 32.2. The van der Waals surface area contributed by atoms with Gasteiger partial charge >= 0.3 is 0 Å². The van der Waals surface area contributed by atoms with Crippen molar-refractivity contribution in [1.82, 2.24) is 15.2 Å². The summed E-state index contributed by atoms with van der Waals surface area (Å²) >= 11 is 0. The molecule has 106 valence electrons. The number of nitrogens with zero attached hydrogens (tertiary/aromatic N) is 2. The molecule has 1 saturated heterocycles. The molecule has 1 aliphatic heterocycles. The van der Waals surface area contributed by atoms with E-state index in [1.165, 1.54) is 0 Å². The zero-order chi connectivity index (χ0) is 13.7. The number of pyridine rings is 1. The van der Waals surface area contributed by atoms with Crippen molar-refractivity contribution in [2.24, 2.45) is 0 Å². The lowest BCUT2D eigenvalue weighted by Crippen LogP contribution is -2.27. The Balaban J connectivity index is 1.98. The molecule has 6 heteroatoms.